The Balaban J connectivity index is 0.00000225. The summed E-state index contributed by atoms with van der Waals surface area (Å²) >= 11 is 0. The molecular weight excluding hydrogens is 249 g/mol. The van der Waals surface area contributed by atoms with Gasteiger partial charge in [0.25, 0.3) is 0 Å². The van der Waals surface area contributed by atoms with E-state index in [1.165, 1.54) is 0 Å². The highest BCUT2D eigenvalue weighted by Crippen LogP contribution is 2.34. The molecule has 0 saturated carbocycles. The summed E-state index contributed by atoms with van der Waals surface area (Å²) in [5, 5.41) is 9.41. The zero-order chi connectivity index (χ0) is 11.6. The highest BCUT2D eigenvalue weighted by molar-refractivity contribution is 7.70. The summed E-state index contributed by atoms with van der Waals surface area (Å²) in [5.41, 5.74) is 5.94. The number of nitrogens with two attached hydrogens (primary N) is 1. The van der Waals surface area contributed by atoms with Gasteiger partial charge in [0.2, 0.25) is 0 Å². The van der Waals surface area contributed by atoms with E-state index in [0.29, 0.717) is 5.56 Å². The van der Waals surface area contributed by atoms with Crippen LogP contribution in [0.25, 0.3) is 0 Å². The van der Waals surface area contributed by atoms with Gasteiger partial charge in [-0.3, -0.25) is 4.79 Å². The van der Waals surface area contributed by atoms with Crippen molar-refractivity contribution in [3.63, 3.8) is 0 Å². The minimum Gasteiger partial charge on any atom is -0.480 e. The molecule has 0 saturated heterocycles. The van der Waals surface area contributed by atoms with Gasteiger partial charge in [-0.2, -0.15) is 0 Å². The fourth-order valence-electron chi connectivity index (χ4n) is 1.18. The zero-order valence-electron chi connectivity index (χ0n) is 9.08. The van der Waals surface area contributed by atoms with Crippen molar-refractivity contribution in [3.05, 3.63) is 29.8 Å². The van der Waals surface area contributed by atoms with E-state index in [-0.39, 0.29) is 12.4 Å². The van der Waals surface area contributed by atoms with E-state index in [9.17, 15) is 9.36 Å². The molecule has 0 aliphatic carbocycles. The first-order chi connectivity index (χ1) is 6.82. The van der Waals surface area contributed by atoms with Crippen LogP contribution in [-0.4, -0.2) is 24.4 Å². The van der Waals surface area contributed by atoms with E-state index in [1.54, 1.807) is 37.6 Å². The molecule has 0 bridgehead atoms. The number of rotatable bonds is 3. The summed E-state index contributed by atoms with van der Waals surface area (Å²) in [4.78, 5) is 10.6. The van der Waals surface area contributed by atoms with Crippen molar-refractivity contribution < 1.29 is 14.5 Å². The van der Waals surface area contributed by atoms with Crippen molar-refractivity contribution >= 4 is 30.8 Å². The van der Waals surface area contributed by atoms with E-state index < -0.39 is 19.2 Å². The van der Waals surface area contributed by atoms with E-state index in [4.69, 9.17) is 10.8 Å². The lowest BCUT2D eigenvalue weighted by Crippen LogP contribution is -2.21. The molecule has 0 fully saturated rings. The van der Waals surface area contributed by atoms with E-state index >= 15 is 0 Å². The van der Waals surface area contributed by atoms with Gasteiger partial charge in [0.15, 0.2) is 0 Å². The van der Waals surface area contributed by atoms with Gasteiger partial charge in [-0.05, 0) is 18.9 Å². The van der Waals surface area contributed by atoms with Crippen molar-refractivity contribution in [1.82, 2.24) is 0 Å². The molecule has 1 aromatic carbocycles. The van der Waals surface area contributed by atoms with Crippen LogP contribution in [0, 0.1) is 0 Å². The normalized spacial score (nSPS) is 12.7. The summed E-state index contributed by atoms with van der Waals surface area (Å²) in [6, 6.07) is 5.52. The number of benzene rings is 1. The minimum absolute atomic E-state index is 0. The molecule has 0 aliphatic rings. The van der Waals surface area contributed by atoms with Crippen molar-refractivity contribution in [2.75, 3.05) is 13.3 Å². The molecule has 0 heterocycles. The Morgan fingerprint density at radius 1 is 1.31 bits per heavy atom. The first-order valence-corrected chi connectivity index (χ1v) is 7.06. The number of aliphatic carboxylic acids is 1. The quantitative estimate of drug-likeness (QED) is 0.809. The lowest BCUT2D eigenvalue weighted by molar-refractivity contribution is -0.138. The van der Waals surface area contributed by atoms with Gasteiger partial charge < -0.3 is 15.4 Å². The number of halogens is 1. The van der Waals surface area contributed by atoms with Gasteiger partial charge in [0.05, 0.1) is 0 Å². The minimum atomic E-state index is -2.28. The van der Waals surface area contributed by atoms with Crippen LogP contribution in [0.4, 0.5) is 0 Å². The Bertz CT molecular complexity index is 413. The molecule has 16 heavy (non-hydrogen) atoms. The van der Waals surface area contributed by atoms with Crippen LogP contribution in [0.5, 0.6) is 0 Å². The number of carboxylic acids is 1. The molecule has 6 heteroatoms. The Kier molecular flexibility index (Phi) is 5.20. The first kappa shape index (κ1) is 15.2. The summed E-state index contributed by atoms with van der Waals surface area (Å²) in [6.07, 6.45) is 0. The molecule has 3 N–H and O–H groups in total. The standard InChI is InChI=1S/C10H14NO3P.ClH/c1-15(2,14)8-5-3-7(4-6-8)9(11)10(12)13;/h3-6,9H,11H2,1-2H3,(H,12,13);1H. The van der Waals surface area contributed by atoms with Crippen LogP contribution < -0.4 is 11.0 Å². The van der Waals surface area contributed by atoms with Gasteiger partial charge in [0, 0.05) is 5.30 Å². The Hall–Kier alpha value is -0.830. The molecule has 1 rings (SSSR count). The molecule has 0 radical (unpaired) electrons. The molecule has 1 atom stereocenters. The average Bonchev–Trinajstić information content (AvgIpc) is 2.15. The maximum atomic E-state index is 11.7. The molecule has 4 nitrogen and oxygen atoms in total. The van der Waals surface area contributed by atoms with Crippen molar-refractivity contribution in [2.45, 2.75) is 6.04 Å². The second-order valence-electron chi connectivity index (χ2n) is 3.76. The number of hydrogen-bond donors (Lipinski definition) is 2. The second-order valence-corrected chi connectivity index (χ2v) is 6.98. The topological polar surface area (TPSA) is 80.4 Å². The number of hydrogen-bond acceptors (Lipinski definition) is 3. The molecule has 1 aromatic rings. The SMILES string of the molecule is CP(C)(=O)c1ccc(C(N)C(=O)O)cc1.Cl. The fourth-order valence-corrected chi connectivity index (χ4v) is 2.05. The molecule has 0 aromatic heterocycles. The fraction of sp³-hybridized carbons (Fsp3) is 0.300. The Morgan fingerprint density at radius 2 is 1.75 bits per heavy atom. The third-order valence-electron chi connectivity index (χ3n) is 2.14. The maximum Gasteiger partial charge on any atom is 0.325 e. The van der Waals surface area contributed by atoms with Crippen LogP contribution in [0.3, 0.4) is 0 Å². The smallest absolute Gasteiger partial charge is 0.325 e. The predicted molar refractivity (Wildman–Crippen MR) is 67.3 cm³/mol. The molecule has 0 aliphatic heterocycles. The van der Waals surface area contributed by atoms with Crippen LogP contribution in [0.1, 0.15) is 11.6 Å². The molecule has 1 unspecified atom stereocenters. The maximum absolute atomic E-state index is 11.7. The van der Waals surface area contributed by atoms with Crippen LogP contribution in [0.2, 0.25) is 0 Å². The van der Waals surface area contributed by atoms with Crippen molar-refractivity contribution in [1.29, 1.82) is 0 Å². The van der Waals surface area contributed by atoms with E-state index in [1.807, 2.05) is 0 Å². The van der Waals surface area contributed by atoms with Crippen molar-refractivity contribution in [2.24, 2.45) is 5.73 Å². The molecular formula is C10H15ClNO3P. The summed E-state index contributed by atoms with van der Waals surface area (Å²) in [5.74, 6) is -1.07. The van der Waals surface area contributed by atoms with Crippen molar-refractivity contribution in [3.8, 4) is 0 Å². The monoisotopic (exact) mass is 263 g/mol. The third kappa shape index (κ3) is 3.63. The Morgan fingerprint density at radius 3 is 2.06 bits per heavy atom. The van der Waals surface area contributed by atoms with E-state index in [2.05, 4.69) is 0 Å². The zero-order valence-corrected chi connectivity index (χ0v) is 10.8. The van der Waals surface area contributed by atoms with Crippen LogP contribution >= 0.6 is 19.5 Å². The number of carboxylic acid groups (broad SMARTS) is 1. The van der Waals surface area contributed by atoms with Gasteiger partial charge in [0.1, 0.15) is 13.2 Å². The lowest BCUT2D eigenvalue weighted by Gasteiger charge is -2.10. The average molecular weight is 264 g/mol. The third-order valence-corrected chi connectivity index (χ3v) is 3.68. The lowest BCUT2D eigenvalue weighted by atomic mass is 10.1. The van der Waals surface area contributed by atoms with Gasteiger partial charge in [-0.15, -0.1) is 12.4 Å². The molecule has 90 valence electrons. The summed E-state index contributed by atoms with van der Waals surface area (Å²) in [7, 11) is -2.28. The highest BCUT2D eigenvalue weighted by Gasteiger charge is 2.15. The van der Waals surface area contributed by atoms with Gasteiger partial charge in [-0.1, -0.05) is 24.3 Å². The van der Waals surface area contributed by atoms with E-state index in [0.717, 1.165) is 5.30 Å². The largest absolute Gasteiger partial charge is 0.480 e. The highest BCUT2D eigenvalue weighted by atomic mass is 35.5. The summed E-state index contributed by atoms with van der Waals surface area (Å²) in [6.45, 7) is 3.33. The predicted octanol–water partition coefficient (Wildman–Crippen LogP) is 1.44. The number of carbonyl (C=O) groups is 1. The molecule has 0 spiro atoms. The Labute approximate surface area is 101 Å². The van der Waals surface area contributed by atoms with Crippen LogP contribution in [0.15, 0.2) is 24.3 Å². The molecule has 0 amide bonds. The summed E-state index contributed by atoms with van der Waals surface area (Å²) < 4.78 is 11.7. The van der Waals surface area contributed by atoms with Crippen LogP contribution in [-0.2, 0) is 9.36 Å². The van der Waals surface area contributed by atoms with Gasteiger partial charge in [-0.25, -0.2) is 0 Å². The second kappa shape index (κ2) is 5.48. The van der Waals surface area contributed by atoms with Gasteiger partial charge >= 0.3 is 5.97 Å². The first-order valence-electron chi connectivity index (χ1n) is 4.46.